The van der Waals surface area contributed by atoms with Gasteiger partial charge in [0.05, 0.1) is 0 Å². The molecule has 104 valence electrons. The maximum absolute atomic E-state index is 3.83. The number of hydrogen-bond acceptors (Lipinski definition) is 1. The van der Waals surface area contributed by atoms with E-state index in [4.69, 9.17) is 0 Å². The van der Waals surface area contributed by atoms with Crippen LogP contribution in [0.4, 0.5) is 0 Å². The second kappa shape index (κ2) is 8.21. The van der Waals surface area contributed by atoms with Crippen LogP contribution in [-0.2, 0) is 12.7 Å². The van der Waals surface area contributed by atoms with E-state index in [1.807, 2.05) is 6.08 Å². The SMILES string of the molecule is C=CCN(CC)CCc1ccc(CBC)c(C)c1C. The molecule has 0 radical (unpaired) electrons. The third-order valence-electron chi connectivity index (χ3n) is 4.06. The van der Waals surface area contributed by atoms with Gasteiger partial charge in [-0.2, -0.15) is 0 Å². The Bertz CT molecular complexity index is 412. The number of likely N-dealkylation sites (N-methyl/N-ethyl adjacent to an activating group) is 1. The lowest BCUT2D eigenvalue weighted by Crippen LogP contribution is -2.26. The molecular weight excluding hydrogens is 229 g/mol. The smallest absolute Gasteiger partial charge is 0.122 e. The van der Waals surface area contributed by atoms with E-state index < -0.39 is 0 Å². The monoisotopic (exact) mass is 257 g/mol. The molecule has 0 heterocycles. The highest BCUT2D eigenvalue weighted by atomic mass is 15.1. The first-order valence-corrected chi connectivity index (χ1v) is 7.55. The van der Waals surface area contributed by atoms with Crippen molar-refractivity contribution in [3.8, 4) is 0 Å². The lowest BCUT2D eigenvalue weighted by Gasteiger charge is -2.20. The van der Waals surface area contributed by atoms with Gasteiger partial charge in [-0.1, -0.05) is 43.8 Å². The molecule has 0 fully saturated rings. The van der Waals surface area contributed by atoms with Crippen LogP contribution in [0.3, 0.4) is 0 Å². The first-order chi connectivity index (χ1) is 9.13. The molecule has 0 amide bonds. The molecule has 0 aliphatic heterocycles. The van der Waals surface area contributed by atoms with Gasteiger partial charge >= 0.3 is 0 Å². The zero-order valence-corrected chi connectivity index (χ0v) is 13.1. The minimum atomic E-state index is 0.989. The average molecular weight is 257 g/mol. The second-order valence-corrected chi connectivity index (χ2v) is 5.32. The van der Waals surface area contributed by atoms with Gasteiger partial charge in [-0.3, -0.25) is 4.90 Å². The quantitative estimate of drug-likeness (QED) is 0.510. The first kappa shape index (κ1) is 16.0. The van der Waals surface area contributed by atoms with Gasteiger partial charge in [0, 0.05) is 13.1 Å². The Hall–Kier alpha value is -1.02. The molecule has 0 aromatic heterocycles. The first-order valence-electron chi connectivity index (χ1n) is 7.55. The summed E-state index contributed by atoms with van der Waals surface area (Å²) in [5.74, 6) is 0. The van der Waals surface area contributed by atoms with E-state index in [0.29, 0.717) is 0 Å². The van der Waals surface area contributed by atoms with Crippen molar-refractivity contribution in [2.45, 2.75) is 40.3 Å². The fourth-order valence-electron chi connectivity index (χ4n) is 2.58. The highest BCUT2D eigenvalue weighted by molar-refractivity contribution is 6.32. The summed E-state index contributed by atoms with van der Waals surface area (Å²) in [6, 6.07) is 4.65. The summed E-state index contributed by atoms with van der Waals surface area (Å²) < 4.78 is 0. The zero-order chi connectivity index (χ0) is 14.3. The van der Waals surface area contributed by atoms with E-state index in [0.717, 1.165) is 26.1 Å². The van der Waals surface area contributed by atoms with Crippen LogP contribution in [0.15, 0.2) is 24.8 Å². The minimum Gasteiger partial charge on any atom is -0.300 e. The van der Waals surface area contributed by atoms with Crippen LogP contribution in [0.1, 0.15) is 29.2 Å². The van der Waals surface area contributed by atoms with Crippen molar-refractivity contribution < 1.29 is 0 Å². The molecule has 0 saturated heterocycles. The van der Waals surface area contributed by atoms with Gasteiger partial charge in [-0.25, -0.2) is 0 Å². The van der Waals surface area contributed by atoms with Crippen LogP contribution in [0.2, 0.25) is 6.82 Å². The average Bonchev–Trinajstić information content (AvgIpc) is 2.42. The Labute approximate surface area is 120 Å². The number of benzene rings is 1. The van der Waals surface area contributed by atoms with E-state index >= 15 is 0 Å². The van der Waals surface area contributed by atoms with Crippen molar-refractivity contribution in [3.63, 3.8) is 0 Å². The predicted molar refractivity (Wildman–Crippen MR) is 88.6 cm³/mol. The van der Waals surface area contributed by atoms with E-state index in [9.17, 15) is 0 Å². The fourth-order valence-corrected chi connectivity index (χ4v) is 2.58. The van der Waals surface area contributed by atoms with E-state index in [1.165, 1.54) is 35.9 Å². The molecule has 0 aliphatic carbocycles. The standard InChI is InChI=1S/C17H28BN/c1-6-11-19(7-2)12-10-16-8-9-17(13-18-5)15(4)14(16)3/h6,8-9,18H,1,7,10-13H2,2-5H3. The predicted octanol–water partition coefficient (Wildman–Crippen LogP) is 3.34. The zero-order valence-electron chi connectivity index (χ0n) is 13.1. The highest BCUT2D eigenvalue weighted by Gasteiger charge is 2.07. The third-order valence-corrected chi connectivity index (χ3v) is 4.06. The number of hydrogen-bond donors (Lipinski definition) is 0. The number of nitrogens with zero attached hydrogens (tertiary/aromatic N) is 1. The van der Waals surface area contributed by atoms with Gasteiger partial charge in [-0.05, 0) is 43.5 Å². The molecule has 19 heavy (non-hydrogen) atoms. The van der Waals surface area contributed by atoms with Crippen LogP contribution in [0.5, 0.6) is 0 Å². The van der Waals surface area contributed by atoms with Gasteiger partial charge in [-0.15, -0.1) is 6.58 Å². The van der Waals surface area contributed by atoms with E-state index in [1.54, 1.807) is 0 Å². The van der Waals surface area contributed by atoms with Crippen LogP contribution in [0, 0.1) is 13.8 Å². The lowest BCUT2D eigenvalue weighted by atomic mass is 9.73. The van der Waals surface area contributed by atoms with Gasteiger partial charge in [0.25, 0.3) is 0 Å². The molecule has 0 N–H and O–H groups in total. The molecule has 1 aromatic carbocycles. The Balaban J connectivity index is 2.74. The summed E-state index contributed by atoms with van der Waals surface area (Å²) in [5, 5.41) is 0. The second-order valence-electron chi connectivity index (χ2n) is 5.32. The summed E-state index contributed by atoms with van der Waals surface area (Å²) in [6.07, 6.45) is 4.33. The molecule has 0 atom stereocenters. The molecule has 1 aromatic rings. The Morgan fingerprint density at radius 3 is 2.42 bits per heavy atom. The summed E-state index contributed by atoms with van der Waals surface area (Å²) >= 11 is 0. The molecule has 0 unspecified atom stereocenters. The number of rotatable bonds is 8. The van der Waals surface area contributed by atoms with Crippen molar-refractivity contribution in [2.24, 2.45) is 0 Å². The third kappa shape index (κ3) is 4.54. The topological polar surface area (TPSA) is 3.24 Å². The fraction of sp³-hybridized carbons (Fsp3) is 0.529. The Morgan fingerprint density at radius 2 is 1.84 bits per heavy atom. The van der Waals surface area contributed by atoms with Gasteiger partial charge < -0.3 is 0 Å². The molecule has 0 bridgehead atoms. The van der Waals surface area contributed by atoms with Crippen molar-refractivity contribution in [3.05, 3.63) is 47.0 Å². The van der Waals surface area contributed by atoms with Crippen molar-refractivity contribution in [2.75, 3.05) is 19.6 Å². The molecule has 0 spiro atoms. The Morgan fingerprint density at radius 1 is 1.21 bits per heavy atom. The molecule has 0 saturated carbocycles. The summed E-state index contributed by atoms with van der Waals surface area (Å²) in [4.78, 5) is 2.43. The summed E-state index contributed by atoms with van der Waals surface area (Å²) in [5.41, 5.74) is 5.99. The van der Waals surface area contributed by atoms with Gasteiger partial charge in [0.1, 0.15) is 7.28 Å². The highest BCUT2D eigenvalue weighted by Crippen LogP contribution is 2.19. The van der Waals surface area contributed by atoms with Gasteiger partial charge in [0.2, 0.25) is 0 Å². The van der Waals surface area contributed by atoms with Crippen molar-refractivity contribution >= 4 is 7.28 Å². The maximum Gasteiger partial charge on any atom is 0.122 e. The lowest BCUT2D eigenvalue weighted by molar-refractivity contribution is 0.323. The normalized spacial score (nSPS) is 10.8. The van der Waals surface area contributed by atoms with Crippen LogP contribution in [-0.4, -0.2) is 31.8 Å². The van der Waals surface area contributed by atoms with E-state index in [-0.39, 0.29) is 0 Å². The molecule has 0 aliphatic rings. The van der Waals surface area contributed by atoms with Gasteiger partial charge in [0.15, 0.2) is 0 Å². The summed E-state index contributed by atoms with van der Waals surface area (Å²) in [6.45, 7) is 16.0. The van der Waals surface area contributed by atoms with Crippen molar-refractivity contribution in [1.82, 2.24) is 4.90 Å². The van der Waals surface area contributed by atoms with Crippen LogP contribution >= 0.6 is 0 Å². The molecular formula is C17H28BN. The van der Waals surface area contributed by atoms with Crippen LogP contribution < -0.4 is 0 Å². The summed E-state index contributed by atoms with van der Waals surface area (Å²) in [7, 11) is 1.22. The largest absolute Gasteiger partial charge is 0.300 e. The van der Waals surface area contributed by atoms with Crippen molar-refractivity contribution in [1.29, 1.82) is 0 Å². The Kier molecular flexibility index (Phi) is 6.94. The van der Waals surface area contributed by atoms with Crippen LogP contribution in [0.25, 0.3) is 0 Å². The maximum atomic E-state index is 3.83. The molecule has 1 rings (SSSR count). The van der Waals surface area contributed by atoms with E-state index in [2.05, 4.69) is 51.2 Å². The molecule has 2 heteroatoms. The molecule has 1 nitrogen and oxygen atoms in total. The minimum absolute atomic E-state index is 0.989.